The second-order valence-corrected chi connectivity index (χ2v) is 11.1. The SMILES string of the molecule is C[n+]1cn(-c2cccc(Oc3ccnc(-c4cc(Oc5cccc(-n6c[n+](C)c7ccccc76)c5)ccn4)c3)c2)c2ccccc21. The molecule has 8 aromatic rings. The summed E-state index contributed by atoms with van der Waals surface area (Å²) >= 11 is 0. The summed E-state index contributed by atoms with van der Waals surface area (Å²) in [6, 6.07) is 40.2. The van der Waals surface area contributed by atoms with Crippen molar-refractivity contribution in [2.45, 2.75) is 0 Å². The molecule has 0 bridgehead atoms. The summed E-state index contributed by atoms with van der Waals surface area (Å²) < 4.78 is 21.2. The molecule has 222 valence electrons. The van der Waals surface area contributed by atoms with Crippen molar-refractivity contribution in [3.05, 3.63) is 146 Å². The van der Waals surface area contributed by atoms with Crippen LogP contribution in [0.15, 0.2) is 146 Å². The first kappa shape index (κ1) is 27.3. The van der Waals surface area contributed by atoms with Crippen LogP contribution in [0.3, 0.4) is 0 Å². The van der Waals surface area contributed by atoms with Crippen LogP contribution in [0, 0.1) is 0 Å². The lowest BCUT2D eigenvalue weighted by molar-refractivity contribution is -0.645. The lowest BCUT2D eigenvalue weighted by atomic mass is 10.2. The summed E-state index contributed by atoms with van der Waals surface area (Å²) in [6.07, 6.45) is 7.61. The summed E-state index contributed by atoms with van der Waals surface area (Å²) in [6.45, 7) is 0. The smallest absolute Gasteiger partial charge is 0.249 e. The first-order valence-electron chi connectivity index (χ1n) is 15.0. The zero-order valence-corrected chi connectivity index (χ0v) is 25.4. The quantitative estimate of drug-likeness (QED) is 0.180. The molecule has 8 nitrogen and oxygen atoms in total. The van der Waals surface area contributed by atoms with Gasteiger partial charge in [-0.25, -0.2) is 9.13 Å². The molecule has 0 atom stereocenters. The third-order valence-electron chi connectivity index (χ3n) is 8.01. The van der Waals surface area contributed by atoms with E-state index in [4.69, 9.17) is 9.47 Å². The van der Waals surface area contributed by atoms with Gasteiger partial charge in [-0.3, -0.25) is 9.97 Å². The number of rotatable bonds is 7. The minimum atomic E-state index is 0.665. The van der Waals surface area contributed by atoms with Crippen LogP contribution in [-0.4, -0.2) is 19.1 Å². The lowest BCUT2D eigenvalue weighted by Crippen LogP contribution is -2.25. The average molecular weight is 603 g/mol. The van der Waals surface area contributed by atoms with Crippen LogP contribution in [0.25, 0.3) is 44.8 Å². The van der Waals surface area contributed by atoms with E-state index >= 15 is 0 Å². The van der Waals surface area contributed by atoms with Crippen LogP contribution in [-0.2, 0) is 14.1 Å². The molecule has 0 aliphatic heterocycles. The van der Waals surface area contributed by atoms with Gasteiger partial charge in [0.25, 0.3) is 0 Å². The minimum absolute atomic E-state index is 0.665. The van der Waals surface area contributed by atoms with Gasteiger partial charge in [0.15, 0.2) is 22.1 Å². The Kier molecular flexibility index (Phi) is 6.72. The Morgan fingerprint density at radius 1 is 0.478 bits per heavy atom. The van der Waals surface area contributed by atoms with Crippen LogP contribution in [0.4, 0.5) is 0 Å². The van der Waals surface area contributed by atoms with Gasteiger partial charge in [0.05, 0.1) is 25.5 Å². The van der Waals surface area contributed by atoms with Crippen molar-refractivity contribution < 1.29 is 18.6 Å². The normalized spacial score (nSPS) is 11.3. The zero-order valence-electron chi connectivity index (χ0n) is 25.4. The maximum absolute atomic E-state index is 6.31. The van der Waals surface area contributed by atoms with Gasteiger partial charge in [0.1, 0.15) is 34.4 Å². The predicted octanol–water partition coefficient (Wildman–Crippen LogP) is 7.27. The summed E-state index contributed by atoms with van der Waals surface area (Å²) in [7, 11) is 4.10. The van der Waals surface area contributed by atoms with Gasteiger partial charge >= 0.3 is 0 Å². The fraction of sp³-hybridized carbons (Fsp3) is 0.0526. The number of benzene rings is 4. The fourth-order valence-electron chi connectivity index (χ4n) is 5.83. The third-order valence-corrected chi connectivity index (χ3v) is 8.01. The molecular weight excluding hydrogens is 572 g/mol. The van der Waals surface area contributed by atoms with E-state index in [0.717, 1.165) is 44.9 Å². The first-order chi connectivity index (χ1) is 22.6. The number of pyridine rings is 2. The van der Waals surface area contributed by atoms with Crippen molar-refractivity contribution in [3.8, 4) is 45.8 Å². The Morgan fingerprint density at radius 2 is 0.913 bits per heavy atom. The van der Waals surface area contributed by atoms with Crippen LogP contribution in [0.2, 0.25) is 0 Å². The predicted molar refractivity (Wildman–Crippen MR) is 177 cm³/mol. The van der Waals surface area contributed by atoms with Crippen molar-refractivity contribution in [2.75, 3.05) is 0 Å². The standard InChI is InChI=1S/C38H30N6O2/c1-41-25-43(37-15-5-3-13-35(37)41)27-9-7-11-29(21-27)45-31-17-19-39-33(23-31)34-24-32(18-20-40-34)46-30-12-8-10-28(22-30)44-26-42(2)36-14-4-6-16-38(36)44/h3-26H,1-2H3/q+2. The van der Waals surface area contributed by atoms with Crippen molar-refractivity contribution in [1.82, 2.24) is 19.1 Å². The number of para-hydroxylation sites is 4. The van der Waals surface area contributed by atoms with Crippen LogP contribution in [0.5, 0.6) is 23.0 Å². The highest BCUT2D eigenvalue weighted by Crippen LogP contribution is 2.30. The van der Waals surface area contributed by atoms with E-state index in [-0.39, 0.29) is 0 Å². The fourth-order valence-corrected chi connectivity index (χ4v) is 5.83. The molecule has 0 aliphatic carbocycles. The lowest BCUT2D eigenvalue weighted by Gasteiger charge is -2.10. The van der Waals surface area contributed by atoms with Gasteiger partial charge in [0.2, 0.25) is 12.7 Å². The zero-order chi connectivity index (χ0) is 31.0. The molecule has 0 spiro atoms. The number of hydrogen-bond donors (Lipinski definition) is 0. The van der Waals surface area contributed by atoms with Gasteiger partial charge in [-0.2, -0.15) is 9.13 Å². The highest BCUT2D eigenvalue weighted by Gasteiger charge is 2.17. The average Bonchev–Trinajstić information content (AvgIpc) is 3.62. The number of ether oxygens (including phenoxy) is 2. The molecule has 4 heterocycles. The van der Waals surface area contributed by atoms with E-state index in [1.165, 1.54) is 0 Å². The molecule has 4 aromatic heterocycles. The topological polar surface area (TPSA) is 61.9 Å². The summed E-state index contributed by atoms with van der Waals surface area (Å²) in [5.74, 6) is 2.78. The van der Waals surface area contributed by atoms with Gasteiger partial charge in [-0.15, -0.1) is 0 Å². The van der Waals surface area contributed by atoms with Crippen molar-refractivity contribution in [3.63, 3.8) is 0 Å². The third kappa shape index (κ3) is 5.11. The molecule has 0 radical (unpaired) electrons. The van der Waals surface area contributed by atoms with E-state index < -0.39 is 0 Å². The number of aromatic nitrogens is 6. The summed E-state index contributed by atoms with van der Waals surface area (Å²) in [5.41, 5.74) is 7.95. The Bertz CT molecular complexity index is 2210. The molecule has 0 saturated heterocycles. The van der Waals surface area contributed by atoms with E-state index in [2.05, 4.69) is 77.3 Å². The Labute approximate surface area is 265 Å². The molecule has 8 heteroatoms. The maximum atomic E-state index is 6.31. The van der Waals surface area contributed by atoms with Gasteiger partial charge in [0, 0.05) is 36.7 Å². The Balaban J connectivity index is 1.03. The largest absolute Gasteiger partial charge is 0.457 e. The number of aryl methyl sites for hydroxylation is 2. The number of imidazole rings is 2. The number of hydrogen-bond acceptors (Lipinski definition) is 4. The summed E-state index contributed by atoms with van der Waals surface area (Å²) in [5, 5.41) is 0. The Morgan fingerprint density at radius 3 is 1.39 bits per heavy atom. The van der Waals surface area contributed by atoms with E-state index in [1.54, 1.807) is 12.4 Å². The van der Waals surface area contributed by atoms with E-state index in [0.29, 0.717) is 22.9 Å². The summed E-state index contributed by atoms with van der Waals surface area (Å²) in [4.78, 5) is 9.15. The molecular formula is C38H30N6O2+2. The van der Waals surface area contributed by atoms with Crippen LogP contribution < -0.4 is 18.6 Å². The van der Waals surface area contributed by atoms with E-state index in [1.807, 2.05) is 99.0 Å². The minimum Gasteiger partial charge on any atom is -0.457 e. The maximum Gasteiger partial charge on any atom is 0.249 e. The van der Waals surface area contributed by atoms with Crippen molar-refractivity contribution >= 4 is 22.1 Å². The highest BCUT2D eigenvalue weighted by molar-refractivity contribution is 5.75. The highest BCUT2D eigenvalue weighted by atomic mass is 16.5. The number of nitrogens with zero attached hydrogens (tertiary/aromatic N) is 6. The molecule has 0 N–H and O–H groups in total. The molecule has 0 fully saturated rings. The molecule has 0 unspecified atom stereocenters. The first-order valence-corrected chi connectivity index (χ1v) is 15.0. The van der Waals surface area contributed by atoms with Gasteiger partial charge in [-0.1, -0.05) is 36.4 Å². The van der Waals surface area contributed by atoms with Crippen molar-refractivity contribution in [1.29, 1.82) is 0 Å². The second-order valence-electron chi connectivity index (χ2n) is 11.1. The molecule has 0 aliphatic rings. The van der Waals surface area contributed by atoms with Gasteiger partial charge < -0.3 is 9.47 Å². The monoisotopic (exact) mass is 602 g/mol. The molecule has 46 heavy (non-hydrogen) atoms. The number of fused-ring (bicyclic) bond motifs is 2. The van der Waals surface area contributed by atoms with Crippen LogP contribution in [0.1, 0.15) is 0 Å². The Hall–Kier alpha value is -6.28. The molecule has 8 rings (SSSR count). The molecule has 4 aromatic carbocycles. The van der Waals surface area contributed by atoms with Gasteiger partial charge in [-0.05, 0) is 60.7 Å². The molecule has 0 saturated carbocycles. The molecule has 0 amide bonds. The van der Waals surface area contributed by atoms with Crippen molar-refractivity contribution in [2.24, 2.45) is 14.1 Å². The second kappa shape index (κ2) is 11.3. The van der Waals surface area contributed by atoms with Crippen LogP contribution >= 0.6 is 0 Å². The van der Waals surface area contributed by atoms with E-state index in [9.17, 15) is 0 Å².